The monoisotopic (exact) mass is 316 g/mol. The summed E-state index contributed by atoms with van der Waals surface area (Å²) in [5.41, 5.74) is 0.687. The molecule has 1 aliphatic carbocycles. The largest absolute Gasteiger partial charge is 0.372 e. The van der Waals surface area contributed by atoms with E-state index in [-0.39, 0.29) is 0 Å². The second kappa shape index (κ2) is 5.83. The Morgan fingerprint density at radius 2 is 1.89 bits per heavy atom. The lowest BCUT2D eigenvalue weighted by Gasteiger charge is -2.35. The van der Waals surface area contributed by atoms with E-state index in [0.717, 1.165) is 0 Å². The fourth-order valence-corrected chi connectivity index (χ4v) is 4.94. The van der Waals surface area contributed by atoms with Gasteiger partial charge in [-0.3, -0.25) is 0 Å². The zero-order valence-electron chi connectivity index (χ0n) is 12.3. The van der Waals surface area contributed by atoms with Crippen molar-refractivity contribution in [3.8, 4) is 0 Å². The SMILES string of the molecule is CC(Br)CC(C)(C)CC1CCC2(CCCCC2)O1. The summed E-state index contributed by atoms with van der Waals surface area (Å²) in [6.07, 6.45) is 12.4. The van der Waals surface area contributed by atoms with E-state index in [1.165, 1.54) is 57.8 Å². The average molecular weight is 317 g/mol. The van der Waals surface area contributed by atoms with Crippen LogP contribution in [0.25, 0.3) is 0 Å². The van der Waals surface area contributed by atoms with E-state index in [4.69, 9.17) is 4.74 Å². The topological polar surface area (TPSA) is 9.23 Å². The predicted octanol–water partition coefficient (Wildman–Crippen LogP) is 5.46. The molecule has 1 saturated heterocycles. The first kappa shape index (κ1) is 14.8. The van der Waals surface area contributed by atoms with Crippen molar-refractivity contribution in [1.82, 2.24) is 0 Å². The molecule has 18 heavy (non-hydrogen) atoms. The molecule has 2 unspecified atom stereocenters. The predicted molar refractivity (Wildman–Crippen MR) is 81.3 cm³/mol. The van der Waals surface area contributed by atoms with Gasteiger partial charge in [0.05, 0.1) is 11.7 Å². The highest BCUT2D eigenvalue weighted by Gasteiger charge is 2.42. The van der Waals surface area contributed by atoms with Crippen LogP contribution in [0, 0.1) is 5.41 Å². The molecule has 0 aromatic rings. The fourth-order valence-electron chi connectivity index (χ4n) is 4.06. The first-order valence-corrected chi connectivity index (χ1v) is 8.64. The highest BCUT2D eigenvalue weighted by Crippen LogP contribution is 2.45. The first-order valence-electron chi connectivity index (χ1n) is 7.73. The second-order valence-electron chi connectivity index (χ2n) is 7.38. The van der Waals surface area contributed by atoms with Crippen molar-refractivity contribution in [2.45, 2.75) is 95.1 Å². The van der Waals surface area contributed by atoms with Gasteiger partial charge in [0.15, 0.2) is 0 Å². The summed E-state index contributed by atoms with van der Waals surface area (Å²) in [5.74, 6) is 0. The number of alkyl halides is 1. The molecule has 0 aromatic carbocycles. The molecule has 2 aliphatic rings. The molecule has 1 nitrogen and oxygen atoms in total. The van der Waals surface area contributed by atoms with Crippen LogP contribution < -0.4 is 0 Å². The zero-order chi connectivity index (χ0) is 13.2. The molecular weight excluding hydrogens is 288 g/mol. The Morgan fingerprint density at radius 3 is 2.50 bits per heavy atom. The van der Waals surface area contributed by atoms with Gasteiger partial charge in [-0.05, 0) is 43.9 Å². The van der Waals surface area contributed by atoms with E-state index < -0.39 is 0 Å². The van der Waals surface area contributed by atoms with Gasteiger partial charge in [-0.2, -0.15) is 0 Å². The van der Waals surface area contributed by atoms with Crippen molar-refractivity contribution in [1.29, 1.82) is 0 Å². The third-order valence-electron chi connectivity index (χ3n) is 4.72. The normalized spacial score (nSPS) is 29.7. The van der Waals surface area contributed by atoms with Crippen LogP contribution in [0.15, 0.2) is 0 Å². The van der Waals surface area contributed by atoms with E-state index in [1.54, 1.807) is 0 Å². The summed E-state index contributed by atoms with van der Waals surface area (Å²) in [6.45, 7) is 7.03. The maximum atomic E-state index is 6.49. The highest BCUT2D eigenvalue weighted by molar-refractivity contribution is 9.09. The van der Waals surface area contributed by atoms with Crippen LogP contribution in [0.2, 0.25) is 0 Å². The van der Waals surface area contributed by atoms with Crippen LogP contribution in [-0.4, -0.2) is 16.5 Å². The molecule has 106 valence electrons. The molecule has 1 aliphatic heterocycles. The number of halogens is 1. The summed E-state index contributed by atoms with van der Waals surface area (Å²) in [5, 5.41) is 0. The van der Waals surface area contributed by atoms with Crippen LogP contribution in [0.5, 0.6) is 0 Å². The minimum absolute atomic E-state index is 0.291. The van der Waals surface area contributed by atoms with Gasteiger partial charge in [-0.1, -0.05) is 56.0 Å². The maximum absolute atomic E-state index is 6.49. The Balaban J connectivity index is 1.85. The average Bonchev–Trinajstić information content (AvgIpc) is 2.59. The minimum atomic E-state index is 0.291. The Kier molecular flexibility index (Phi) is 4.80. The second-order valence-corrected chi connectivity index (χ2v) is 8.94. The van der Waals surface area contributed by atoms with Crippen LogP contribution >= 0.6 is 15.9 Å². The van der Waals surface area contributed by atoms with Crippen molar-refractivity contribution in [3.05, 3.63) is 0 Å². The van der Waals surface area contributed by atoms with Gasteiger partial charge in [0.25, 0.3) is 0 Å². The van der Waals surface area contributed by atoms with Crippen molar-refractivity contribution < 1.29 is 4.74 Å². The minimum Gasteiger partial charge on any atom is -0.372 e. The van der Waals surface area contributed by atoms with E-state index in [2.05, 4.69) is 36.7 Å². The fraction of sp³-hybridized carbons (Fsp3) is 1.00. The lowest BCUT2D eigenvalue weighted by Crippen LogP contribution is -2.33. The summed E-state index contributed by atoms with van der Waals surface area (Å²) < 4.78 is 6.49. The zero-order valence-corrected chi connectivity index (χ0v) is 13.9. The molecule has 0 radical (unpaired) electrons. The van der Waals surface area contributed by atoms with E-state index in [1.807, 2.05) is 0 Å². The Labute approximate surface area is 121 Å². The third-order valence-corrected chi connectivity index (χ3v) is 5.04. The Morgan fingerprint density at radius 1 is 1.22 bits per heavy atom. The Hall–Kier alpha value is 0.440. The Bertz CT molecular complexity index is 266. The van der Waals surface area contributed by atoms with Crippen molar-refractivity contribution in [2.24, 2.45) is 5.41 Å². The van der Waals surface area contributed by atoms with Gasteiger partial charge in [-0.25, -0.2) is 0 Å². The molecule has 2 heteroatoms. The molecule has 1 saturated carbocycles. The van der Waals surface area contributed by atoms with Gasteiger partial charge in [0, 0.05) is 4.83 Å². The number of hydrogen-bond acceptors (Lipinski definition) is 1. The van der Waals surface area contributed by atoms with Crippen molar-refractivity contribution in [2.75, 3.05) is 0 Å². The van der Waals surface area contributed by atoms with Gasteiger partial charge in [0.2, 0.25) is 0 Å². The molecule has 0 aromatic heterocycles. The molecule has 2 fully saturated rings. The summed E-state index contributed by atoms with van der Waals surface area (Å²) >= 11 is 3.69. The molecular formula is C16H29BrO. The third kappa shape index (κ3) is 3.96. The molecule has 0 amide bonds. The van der Waals surface area contributed by atoms with E-state index in [0.29, 0.717) is 21.9 Å². The van der Waals surface area contributed by atoms with Crippen LogP contribution in [-0.2, 0) is 4.74 Å². The number of ether oxygens (including phenoxy) is 1. The lowest BCUT2D eigenvalue weighted by molar-refractivity contribution is -0.0750. The summed E-state index contributed by atoms with van der Waals surface area (Å²) in [7, 11) is 0. The quantitative estimate of drug-likeness (QED) is 0.626. The standard InChI is InChI=1S/C16H29BrO/c1-13(17)11-15(2,3)12-14-7-10-16(18-14)8-5-4-6-9-16/h13-14H,4-12H2,1-3H3. The van der Waals surface area contributed by atoms with Crippen LogP contribution in [0.3, 0.4) is 0 Å². The molecule has 2 atom stereocenters. The van der Waals surface area contributed by atoms with Gasteiger partial charge in [0.1, 0.15) is 0 Å². The molecule has 2 rings (SSSR count). The van der Waals surface area contributed by atoms with Gasteiger partial charge >= 0.3 is 0 Å². The number of rotatable bonds is 4. The summed E-state index contributed by atoms with van der Waals surface area (Å²) in [6, 6.07) is 0. The van der Waals surface area contributed by atoms with Crippen LogP contribution in [0.4, 0.5) is 0 Å². The van der Waals surface area contributed by atoms with Gasteiger partial charge < -0.3 is 4.74 Å². The van der Waals surface area contributed by atoms with Gasteiger partial charge in [-0.15, -0.1) is 0 Å². The maximum Gasteiger partial charge on any atom is 0.0687 e. The molecule has 1 spiro atoms. The number of hydrogen-bond donors (Lipinski definition) is 0. The van der Waals surface area contributed by atoms with Crippen LogP contribution in [0.1, 0.15) is 78.6 Å². The van der Waals surface area contributed by atoms with Crippen molar-refractivity contribution >= 4 is 15.9 Å². The van der Waals surface area contributed by atoms with E-state index >= 15 is 0 Å². The lowest BCUT2D eigenvalue weighted by atomic mass is 9.81. The highest BCUT2D eigenvalue weighted by atomic mass is 79.9. The first-order chi connectivity index (χ1) is 8.41. The van der Waals surface area contributed by atoms with Crippen molar-refractivity contribution in [3.63, 3.8) is 0 Å². The smallest absolute Gasteiger partial charge is 0.0687 e. The summed E-state index contributed by atoms with van der Waals surface area (Å²) in [4.78, 5) is 0.609. The molecule has 1 heterocycles. The molecule has 0 N–H and O–H groups in total. The van der Waals surface area contributed by atoms with E-state index in [9.17, 15) is 0 Å². The molecule has 0 bridgehead atoms.